The fourth-order valence-electron chi connectivity index (χ4n) is 7.20. The van der Waals surface area contributed by atoms with Crippen molar-refractivity contribution in [3.8, 4) is 51.0 Å². The Balaban J connectivity index is 0.00000372. The summed E-state index contributed by atoms with van der Waals surface area (Å²) in [6, 6.07) is 63.1. The first-order valence-corrected chi connectivity index (χ1v) is 17.2. The zero-order valence-electron chi connectivity index (χ0n) is 28.2. The molecule has 10 rings (SSSR count). The first kappa shape index (κ1) is 32.5. The molecule has 3 aromatic heterocycles. The number of hydrogen-bond donors (Lipinski definition) is 0. The minimum atomic E-state index is 0. The number of benzene rings is 7. The minimum absolute atomic E-state index is 0. The van der Waals surface area contributed by atoms with Crippen molar-refractivity contribution in [1.29, 1.82) is 0 Å². The standard InChI is InChI=1S/C47H28N4O.Pt/c1-3-13-31(14-4-1)35-25-36(46-39-20-10-9-17-34(39)30-48-50-46)27-38(26-35)52-45-24-12-23-43(49-45)41-22-11-21-40-42-28-32-15-7-8-16-33(32)29-44(42)51(47(40)41)37-18-5-2-6-19-37;/h1-21,23-26,28-30H;/q-2;+2. The van der Waals surface area contributed by atoms with Crippen molar-refractivity contribution >= 4 is 43.4 Å². The van der Waals surface area contributed by atoms with E-state index in [9.17, 15) is 0 Å². The number of nitrogens with zero attached hydrogens (tertiary/aromatic N) is 4. The van der Waals surface area contributed by atoms with Crippen LogP contribution in [0.3, 0.4) is 0 Å². The Morgan fingerprint density at radius 3 is 2.15 bits per heavy atom. The van der Waals surface area contributed by atoms with Gasteiger partial charge in [0.05, 0.1) is 6.20 Å². The van der Waals surface area contributed by atoms with Gasteiger partial charge >= 0.3 is 21.1 Å². The Hall–Kier alpha value is -6.42. The van der Waals surface area contributed by atoms with Gasteiger partial charge in [0, 0.05) is 22.6 Å². The first-order chi connectivity index (χ1) is 25.8. The fourth-order valence-corrected chi connectivity index (χ4v) is 7.20. The summed E-state index contributed by atoms with van der Waals surface area (Å²) < 4.78 is 8.91. The summed E-state index contributed by atoms with van der Waals surface area (Å²) in [4.78, 5) is 5.09. The van der Waals surface area contributed by atoms with Gasteiger partial charge in [-0.25, -0.2) is 5.10 Å². The molecule has 0 aliphatic rings. The predicted molar refractivity (Wildman–Crippen MR) is 210 cm³/mol. The Kier molecular flexibility index (Phi) is 8.34. The van der Waals surface area contributed by atoms with Crippen molar-refractivity contribution in [3.63, 3.8) is 0 Å². The van der Waals surface area contributed by atoms with Crippen LogP contribution in [0.5, 0.6) is 11.6 Å². The second-order valence-electron chi connectivity index (χ2n) is 12.8. The monoisotopic (exact) mass is 859 g/mol. The van der Waals surface area contributed by atoms with E-state index in [1.165, 1.54) is 16.2 Å². The number of para-hydroxylation sites is 1. The van der Waals surface area contributed by atoms with Crippen LogP contribution in [0.25, 0.3) is 82.7 Å². The van der Waals surface area contributed by atoms with Gasteiger partial charge in [0.2, 0.25) is 5.88 Å². The molecule has 0 bridgehead atoms. The van der Waals surface area contributed by atoms with Crippen LogP contribution >= 0.6 is 0 Å². The van der Waals surface area contributed by atoms with Crippen LogP contribution in [-0.2, 0) is 21.1 Å². The summed E-state index contributed by atoms with van der Waals surface area (Å²) in [6.07, 6.45) is 1.78. The molecule has 0 saturated heterocycles. The van der Waals surface area contributed by atoms with Gasteiger partial charge in [-0.3, -0.25) is 4.98 Å². The van der Waals surface area contributed by atoms with Crippen LogP contribution in [0.1, 0.15) is 0 Å². The van der Waals surface area contributed by atoms with Crippen LogP contribution in [0, 0.1) is 12.1 Å². The molecule has 0 N–H and O–H groups in total. The van der Waals surface area contributed by atoms with Crippen molar-refractivity contribution in [3.05, 3.63) is 182 Å². The van der Waals surface area contributed by atoms with E-state index in [1.807, 2.05) is 72.8 Å². The molecule has 252 valence electrons. The summed E-state index contributed by atoms with van der Waals surface area (Å²) in [5.41, 5.74) is 8.45. The van der Waals surface area contributed by atoms with E-state index in [-0.39, 0.29) is 21.1 Å². The van der Waals surface area contributed by atoms with E-state index in [0.29, 0.717) is 11.6 Å². The average Bonchev–Trinajstić information content (AvgIpc) is 3.53. The smallest absolute Gasteiger partial charge is 0.460 e. The minimum Gasteiger partial charge on any atom is -0.460 e. The molecule has 0 unspecified atom stereocenters. The summed E-state index contributed by atoms with van der Waals surface area (Å²) in [5, 5.41) is 15.6. The molecule has 0 spiro atoms. The third-order valence-corrected chi connectivity index (χ3v) is 9.57. The maximum absolute atomic E-state index is 6.58. The molecular weight excluding hydrogens is 832 g/mol. The Labute approximate surface area is 320 Å². The quantitative estimate of drug-likeness (QED) is 0.156. The topological polar surface area (TPSA) is 52.8 Å². The molecule has 6 heteroatoms. The van der Waals surface area contributed by atoms with Gasteiger partial charge in [-0.05, 0) is 74.0 Å². The molecule has 0 fully saturated rings. The number of aromatic nitrogens is 4. The van der Waals surface area contributed by atoms with Crippen LogP contribution in [0.15, 0.2) is 170 Å². The maximum atomic E-state index is 6.58. The summed E-state index contributed by atoms with van der Waals surface area (Å²) in [7, 11) is 0. The van der Waals surface area contributed by atoms with Crippen molar-refractivity contribution in [2.45, 2.75) is 0 Å². The second kappa shape index (κ2) is 13.6. The number of ether oxygens (including phenoxy) is 1. The largest absolute Gasteiger partial charge is 2.00 e. The van der Waals surface area contributed by atoms with E-state index in [1.54, 1.807) is 6.20 Å². The number of rotatable bonds is 6. The molecule has 0 atom stereocenters. The summed E-state index contributed by atoms with van der Waals surface area (Å²) >= 11 is 0. The molecule has 0 aliphatic heterocycles. The van der Waals surface area contributed by atoms with Gasteiger partial charge in [-0.15, -0.1) is 35.4 Å². The van der Waals surface area contributed by atoms with E-state index in [4.69, 9.17) is 9.72 Å². The number of hydrogen-bond acceptors (Lipinski definition) is 4. The van der Waals surface area contributed by atoms with E-state index in [0.717, 1.165) is 66.5 Å². The van der Waals surface area contributed by atoms with Gasteiger partial charge in [0.1, 0.15) is 0 Å². The van der Waals surface area contributed by atoms with Crippen LogP contribution in [0.4, 0.5) is 0 Å². The summed E-state index contributed by atoms with van der Waals surface area (Å²) in [6.45, 7) is 0. The molecule has 7 aromatic carbocycles. The van der Waals surface area contributed by atoms with E-state index >= 15 is 0 Å². The van der Waals surface area contributed by atoms with Gasteiger partial charge < -0.3 is 9.30 Å². The van der Waals surface area contributed by atoms with Crippen molar-refractivity contribution in [2.75, 3.05) is 0 Å². The number of fused-ring (bicyclic) bond motifs is 5. The zero-order chi connectivity index (χ0) is 34.4. The van der Waals surface area contributed by atoms with Gasteiger partial charge in [0.25, 0.3) is 0 Å². The normalized spacial score (nSPS) is 11.2. The fraction of sp³-hybridized carbons (Fsp3) is 0. The Morgan fingerprint density at radius 2 is 1.32 bits per heavy atom. The maximum Gasteiger partial charge on any atom is 2.00 e. The van der Waals surface area contributed by atoms with Gasteiger partial charge in [-0.2, -0.15) is 5.10 Å². The van der Waals surface area contributed by atoms with Gasteiger partial charge in [0.15, 0.2) is 0 Å². The predicted octanol–water partition coefficient (Wildman–Crippen LogP) is 11.7. The molecule has 53 heavy (non-hydrogen) atoms. The van der Waals surface area contributed by atoms with E-state index < -0.39 is 0 Å². The van der Waals surface area contributed by atoms with Gasteiger partial charge in [-0.1, -0.05) is 132 Å². The SMILES string of the molecule is [Pt+2].[c-]1c(Oc2cccc(-c3[c-]ccc4c5cc6ccccc6cc5n(-c5ccccc5)c34)n2)cc(-c2ccccc2)cc1-c1nncc2ccccc12. The first-order valence-electron chi connectivity index (χ1n) is 17.2. The third-order valence-electron chi connectivity index (χ3n) is 9.57. The molecule has 5 nitrogen and oxygen atoms in total. The van der Waals surface area contributed by atoms with Crippen LogP contribution in [-0.4, -0.2) is 19.7 Å². The van der Waals surface area contributed by atoms with Crippen molar-refractivity contribution in [1.82, 2.24) is 19.7 Å². The molecule has 0 amide bonds. The molecule has 10 aromatic rings. The average molecular weight is 860 g/mol. The molecule has 0 saturated carbocycles. The molecule has 0 radical (unpaired) electrons. The molecular formula is C47H28N4OPt. The Morgan fingerprint density at radius 1 is 0.585 bits per heavy atom. The Bertz CT molecular complexity index is 2940. The van der Waals surface area contributed by atoms with E-state index in [2.05, 4.69) is 118 Å². The zero-order valence-corrected chi connectivity index (χ0v) is 30.5. The van der Waals surface area contributed by atoms with Crippen LogP contribution in [0.2, 0.25) is 0 Å². The molecule has 0 aliphatic carbocycles. The van der Waals surface area contributed by atoms with Crippen molar-refractivity contribution in [2.24, 2.45) is 0 Å². The summed E-state index contributed by atoms with van der Waals surface area (Å²) in [5.74, 6) is 0.982. The van der Waals surface area contributed by atoms with Crippen LogP contribution < -0.4 is 4.74 Å². The number of pyridine rings is 1. The second-order valence-corrected chi connectivity index (χ2v) is 12.8. The third kappa shape index (κ3) is 5.86. The molecule has 3 heterocycles. The van der Waals surface area contributed by atoms with Crippen molar-refractivity contribution < 1.29 is 25.8 Å².